The van der Waals surface area contributed by atoms with Crippen LogP contribution in [0.4, 0.5) is 0 Å². The van der Waals surface area contributed by atoms with Gasteiger partial charge in [-0.25, -0.2) is 0 Å². The van der Waals surface area contributed by atoms with Crippen LogP contribution in [0.3, 0.4) is 0 Å². The number of nitrogens with one attached hydrogen (secondary N) is 2. The van der Waals surface area contributed by atoms with Crippen LogP contribution < -0.4 is 10.6 Å². The summed E-state index contributed by atoms with van der Waals surface area (Å²) in [6, 6.07) is 4.43. The van der Waals surface area contributed by atoms with Crippen molar-refractivity contribution in [1.82, 2.24) is 10.6 Å². The smallest absolute Gasteiger partial charge is 0.253 e. The maximum absolute atomic E-state index is 12.3. The fraction of sp³-hybridized carbons (Fsp3) is 0.556. The zero-order valence-electron chi connectivity index (χ0n) is 14.1. The molecule has 1 aromatic rings. The third-order valence-electron chi connectivity index (χ3n) is 4.71. The molecule has 1 unspecified atom stereocenters. The fourth-order valence-electron chi connectivity index (χ4n) is 3.06. The molecule has 0 spiro atoms. The van der Waals surface area contributed by atoms with Crippen LogP contribution in [0.15, 0.2) is 18.2 Å². The van der Waals surface area contributed by atoms with E-state index in [0.717, 1.165) is 31.6 Å². The van der Waals surface area contributed by atoms with Gasteiger partial charge >= 0.3 is 0 Å². The van der Waals surface area contributed by atoms with Gasteiger partial charge in [0.05, 0.1) is 15.6 Å². The van der Waals surface area contributed by atoms with E-state index in [1.807, 2.05) is 0 Å². The van der Waals surface area contributed by atoms with Gasteiger partial charge in [-0.1, -0.05) is 42.6 Å². The van der Waals surface area contributed by atoms with Gasteiger partial charge in [-0.15, -0.1) is 0 Å². The van der Waals surface area contributed by atoms with Crippen molar-refractivity contribution in [2.45, 2.75) is 58.0 Å². The summed E-state index contributed by atoms with van der Waals surface area (Å²) in [5.41, 5.74) is 0.271. The van der Waals surface area contributed by atoms with Crippen LogP contribution in [0.5, 0.6) is 0 Å². The lowest BCUT2D eigenvalue weighted by atomic mass is 9.84. The Kier molecular flexibility index (Phi) is 6.93. The van der Waals surface area contributed by atoms with E-state index in [-0.39, 0.29) is 22.5 Å². The molecule has 2 N–H and O–H groups in total. The Labute approximate surface area is 153 Å². The van der Waals surface area contributed by atoms with Gasteiger partial charge in [0.2, 0.25) is 5.91 Å². The standard InChI is InChI=1S/C18H24Cl2N2O2/c1-3-12-7-9-13(10-8-12)22-17(23)11(2)21-18(24)14-5-4-6-15(19)16(14)20/h4-6,11-13H,3,7-10H2,1-2H3,(H,21,24)(H,22,23). The molecular weight excluding hydrogens is 347 g/mol. The van der Waals surface area contributed by atoms with Gasteiger partial charge in [-0.2, -0.15) is 0 Å². The zero-order valence-corrected chi connectivity index (χ0v) is 15.6. The number of carbonyl (C=O) groups is 2. The highest BCUT2D eigenvalue weighted by Crippen LogP contribution is 2.27. The molecule has 24 heavy (non-hydrogen) atoms. The molecule has 0 heterocycles. The van der Waals surface area contributed by atoms with E-state index in [4.69, 9.17) is 23.2 Å². The SMILES string of the molecule is CCC1CCC(NC(=O)C(C)NC(=O)c2cccc(Cl)c2Cl)CC1. The van der Waals surface area contributed by atoms with Crippen molar-refractivity contribution in [3.8, 4) is 0 Å². The van der Waals surface area contributed by atoms with E-state index in [1.165, 1.54) is 6.42 Å². The van der Waals surface area contributed by atoms with E-state index < -0.39 is 11.9 Å². The Bertz CT molecular complexity index is 599. The quantitative estimate of drug-likeness (QED) is 0.815. The minimum Gasteiger partial charge on any atom is -0.352 e. The third-order valence-corrected chi connectivity index (χ3v) is 5.53. The number of rotatable bonds is 5. The average Bonchev–Trinajstić information content (AvgIpc) is 2.57. The zero-order chi connectivity index (χ0) is 17.7. The average molecular weight is 371 g/mol. The monoisotopic (exact) mass is 370 g/mol. The van der Waals surface area contributed by atoms with E-state index in [0.29, 0.717) is 5.02 Å². The number of hydrogen-bond acceptors (Lipinski definition) is 2. The molecule has 0 aliphatic heterocycles. The second-order valence-corrected chi connectivity index (χ2v) is 7.22. The minimum absolute atomic E-state index is 0.165. The van der Waals surface area contributed by atoms with Crippen molar-refractivity contribution in [2.24, 2.45) is 5.92 Å². The lowest BCUT2D eigenvalue weighted by Gasteiger charge is -2.29. The van der Waals surface area contributed by atoms with Crippen molar-refractivity contribution < 1.29 is 9.59 Å². The molecule has 0 radical (unpaired) electrons. The Hall–Kier alpha value is -1.26. The first-order chi connectivity index (χ1) is 11.4. The summed E-state index contributed by atoms with van der Waals surface area (Å²) in [6.45, 7) is 3.88. The summed E-state index contributed by atoms with van der Waals surface area (Å²) in [5, 5.41) is 6.22. The van der Waals surface area contributed by atoms with Crippen LogP contribution in [0.1, 0.15) is 56.3 Å². The normalized spacial score (nSPS) is 21.8. The van der Waals surface area contributed by atoms with Crippen LogP contribution in [0.25, 0.3) is 0 Å². The molecule has 132 valence electrons. The van der Waals surface area contributed by atoms with Crippen molar-refractivity contribution in [3.63, 3.8) is 0 Å². The first-order valence-corrected chi connectivity index (χ1v) is 9.23. The number of amides is 2. The largest absolute Gasteiger partial charge is 0.352 e. The summed E-state index contributed by atoms with van der Waals surface area (Å²) < 4.78 is 0. The highest BCUT2D eigenvalue weighted by atomic mass is 35.5. The Morgan fingerprint density at radius 1 is 1.21 bits per heavy atom. The van der Waals surface area contributed by atoms with Crippen LogP contribution in [0.2, 0.25) is 10.0 Å². The van der Waals surface area contributed by atoms with Crippen LogP contribution in [-0.2, 0) is 4.79 Å². The van der Waals surface area contributed by atoms with E-state index in [2.05, 4.69) is 17.6 Å². The summed E-state index contributed by atoms with van der Waals surface area (Å²) in [5.74, 6) is 0.210. The van der Waals surface area contributed by atoms with Gasteiger partial charge in [-0.05, 0) is 50.7 Å². The van der Waals surface area contributed by atoms with Gasteiger partial charge < -0.3 is 10.6 Å². The van der Waals surface area contributed by atoms with E-state index in [1.54, 1.807) is 25.1 Å². The van der Waals surface area contributed by atoms with Crippen molar-refractivity contribution in [3.05, 3.63) is 33.8 Å². The second-order valence-electron chi connectivity index (χ2n) is 6.43. The molecule has 1 saturated carbocycles. The summed E-state index contributed by atoms with van der Waals surface area (Å²) >= 11 is 12.0. The molecule has 1 aliphatic carbocycles. The maximum Gasteiger partial charge on any atom is 0.253 e. The number of halogens is 2. The van der Waals surface area contributed by atoms with E-state index >= 15 is 0 Å². The number of carbonyl (C=O) groups excluding carboxylic acids is 2. The maximum atomic E-state index is 12.3. The van der Waals surface area contributed by atoms with Crippen LogP contribution in [-0.4, -0.2) is 23.9 Å². The Morgan fingerprint density at radius 3 is 2.50 bits per heavy atom. The minimum atomic E-state index is -0.628. The highest BCUT2D eigenvalue weighted by molar-refractivity contribution is 6.43. The van der Waals surface area contributed by atoms with Crippen molar-refractivity contribution in [2.75, 3.05) is 0 Å². The molecule has 4 nitrogen and oxygen atoms in total. The van der Waals surface area contributed by atoms with Gasteiger partial charge in [-0.3, -0.25) is 9.59 Å². The summed E-state index contributed by atoms with van der Waals surface area (Å²) in [6.07, 6.45) is 5.52. The van der Waals surface area contributed by atoms with Crippen molar-refractivity contribution >= 4 is 35.0 Å². The molecule has 0 aromatic heterocycles. The molecule has 0 saturated heterocycles. The molecule has 2 rings (SSSR count). The predicted octanol–water partition coefficient (Wildman–Crippen LogP) is 4.20. The molecule has 0 bridgehead atoms. The number of benzene rings is 1. The van der Waals surface area contributed by atoms with Crippen molar-refractivity contribution in [1.29, 1.82) is 0 Å². The van der Waals surface area contributed by atoms with Gasteiger partial charge in [0.1, 0.15) is 6.04 Å². The lowest BCUT2D eigenvalue weighted by molar-refractivity contribution is -0.123. The Morgan fingerprint density at radius 2 is 1.88 bits per heavy atom. The lowest BCUT2D eigenvalue weighted by Crippen LogP contribution is -2.48. The number of hydrogen-bond donors (Lipinski definition) is 2. The molecule has 1 aromatic carbocycles. The van der Waals surface area contributed by atoms with Gasteiger partial charge in [0.25, 0.3) is 5.91 Å². The highest BCUT2D eigenvalue weighted by Gasteiger charge is 2.24. The molecule has 2 amide bonds. The van der Waals surface area contributed by atoms with Crippen LogP contribution >= 0.6 is 23.2 Å². The first-order valence-electron chi connectivity index (χ1n) is 8.47. The van der Waals surface area contributed by atoms with Crippen LogP contribution in [0, 0.1) is 5.92 Å². The molecule has 1 fully saturated rings. The fourth-order valence-corrected chi connectivity index (χ4v) is 3.45. The summed E-state index contributed by atoms with van der Waals surface area (Å²) in [7, 11) is 0. The first kappa shape index (κ1) is 19.1. The van der Waals surface area contributed by atoms with Gasteiger partial charge in [0, 0.05) is 6.04 Å². The molecule has 1 aliphatic rings. The van der Waals surface area contributed by atoms with Gasteiger partial charge in [0.15, 0.2) is 0 Å². The summed E-state index contributed by atoms with van der Waals surface area (Å²) in [4.78, 5) is 24.6. The topological polar surface area (TPSA) is 58.2 Å². The second kappa shape index (κ2) is 8.72. The third kappa shape index (κ3) is 4.87. The Balaban J connectivity index is 1.87. The van der Waals surface area contributed by atoms with E-state index in [9.17, 15) is 9.59 Å². The molecule has 6 heteroatoms. The molecular formula is C18H24Cl2N2O2. The molecule has 1 atom stereocenters. The predicted molar refractivity (Wildman–Crippen MR) is 97.6 cm³/mol.